The Labute approximate surface area is 168 Å². The van der Waals surface area contributed by atoms with Crippen LogP contribution in [0.2, 0.25) is 0 Å². The van der Waals surface area contributed by atoms with Gasteiger partial charge in [-0.2, -0.15) is 0 Å². The molecule has 0 amide bonds. The van der Waals surface area contributed by atoms with E-state index in [-0.39, 0.29) is 5.78 Å². The number of carbonyl (C=O) groups excluding carboxylic acids is 1. The van der Waals surface area contributed by atoms with Crippen LogP contribution in [-0.2, 0) is 0 Å². The van der Waals surface area contributed by atoms with Gasteiger partial charge in [-0.05, 0) is 12.1 Å². The number of aromatic amines is 1. The first kappa shape index (κ1) is 18.6. The van der Waals surface area contributed by atoms with Crippen molar-refractivity contribution in [2.75, 3.05) is 19.5 Å². The van der Waals surface area contributed by atoms with Crippen molar-refractivity contribution in [3.8, 4) is 11.5 Å². The van der Waals surface area contributed by atoms with Crippen LogP contribution in [0.1, 0.15) is 22.0 Å². The third-order valence-electron chi connectivity index (χ3n) is 4.80. The number of pyridine rings is 1. The van der Waals surface area contributed by atoms with E-state index in [9.17, 15) is 4.79 Å². The van der Waals surface area contributed by atoms with E-state index < -0.39 is 6.04 Å². The molecule has 146 valence electrons. The minimum atomic E-state index is -0.625. The van der Waals surface area contributed by atoms with Crippen LogP contribution >= 0.6 is 0 Å². The van der Waals surface area contributed by atoms with E-state index >= 15 is 0 Å². The molecule has 29 heavy (non-hydrogen) atoms. The van der Waals surface area contributed by atoms with Gasteiger partial charge >= 0.3 is 0 Å². The lowest BCUT2D eigenvalue weighted by atomic mass is 9.97. The Hall–Kier alpha value is -3.80. The number of H-pyrrole nitrogens is 1. The second kappa shape index (κ2) is 8.06. The number of ketones is 1. The van der Waals surface area contributed by atoms with Gasteiger partial charge in [-0.15, -0.1) is 0 Å². The zero-order chi connectivity index (χ0) is 20.2. The highest BCUT2D eigenvalue weighted by Crippen LogP contribution is 2.31. The van der Waals surface area contributed by atoms with Crippen molar-refractivity contribution >= 4 is 22.4 Å². The first-order valence-electron chi connectivity index (χ1n) is 9.19. The first-order valence-corrected chi connectivity index (χ1v) is 9.19. The van der Waals surface area contributed by atoms with Crippen LogP contribution in [0.25, 0.3) is 10.9 Å². The number of Topliss-reactive ketones (excluding diaryl/α,β-unsaturated/α-hetero) is 1. The lowest BCUT2D eigenvalue weighted by molar-refractivity contribution is 0.0971. The second-order valence-corrected chi connectivity index (χ2v) is 6.58. The number of ether oxygens (including phenoxy) is 2. The van der Waals surface area contributed by atoms with Crippen molar-refractivity contribution in [3.63, 3.8) is 0 Å². The molecular formula is C23H21N3O3. The number of hydrogen-bond acceptors (Lipinski definition) is 5. The summed E-state index contributed by atoms with van der Waals surface area (Å²) in [7, 11) is 3.18. The lowest BCUT2D eigenvalue weighted by Gasteiger charge is -2.20. The van der Waals surface area contributed by atoms with Crippen molar-refractivity contribution in [2.45, 2.75) is 6.04 Å². The highest BCUT2D eigenvalue weighted by molar-refractivity contribution is 6.11. The fourth-order valence-electron chi connectivity index (χ4n) is 3.34. The maximum atomic E-state index is 13.6. The van der Waals surface area contributed by atoms with Gasteiger partial charge < -0.3 is 19.8 Å². The molecule has 2 N–H and O–H groups in total. The molecule has 2 heterocycles. The van der Waals surface area contributed by atoms with Gasteiger partial charge in [0.15, 0.2) is 5.78 Å². The molecule has 6 heteroatoms. The SMILES string of the molecule is COc1cc(NC(C(=O)c2c[nH]c3ccccc23)c2cccnc2)cc(OC)c1. The Balaban J connectivity index is 1.76. The number of rotatable bonds is 7. The van der Waals surface area contributed by atoms with E-state index in [2.05, 4.69) is 15.3 Å². The van der Waals surface area contributed by atoms with Crippen molar-refractivity contribution in [1.82, 2.24) is 9.97 Å². The van der Waals surface area contributed by atoms with E-state index in [1.54, 1.807) is 38.9 Å². The van der Waals surface area contributed by atoms with E-state index in [1.165, 1.54) is 0 Å². The van der Waals surface area contributed by atoms with Crippen LogP contribution in [0, 0.1) is 0 Å². The maximum absolute atomic E-state index is 13.6. The third-order valence-corrected chi connectivity index (χ3v) is 4.80. The predicted molar refractivity (Wildman–Crippen MR) is 113 cm³/mol. The van der Waals surface area contributed by atoms with Gasteiger partial charge in [0.25, 0.3) is 0 Å². The monoisotopic (exact) mass is 387 g/mol. The molecular weight excluding hydrogens is 366 g/mol. The number of benzene rings is 2. The molecule has 2 aromatic heterocycles. The predicted octanol–water partition coefficient (Wildman–Crippen LogP) is 4.62. The van der Waals surface area contributed by atoms with Crippen LogP contribution in [0.3, 0.4) is 0 Å². The number of methoxy groups -OCH3 is 2. The number of nitrogens with zero attached hydrogens (tertiary/aromatic N) is 1. The summed E-state index contributed by atoms with van der Waals surface area (Å²) in [6.07, 6.45) is 5.14. The van der Waals surface area contributed by atoms with Gasteiger partial charge in [-0.3, -0.25) is 9.78 Å². The van der Waals surface area contributed by atoms with Crippen LogP contribution in [-0.4, -0.2) is 30.0 Å². The van der Waals surface area contributed by atoms with E-state index in [0.717, 1.165) is 16.5 Å². The Morgan fingerprint density at radius 3 is 2.48 bits per heavy atom. The fourth-order valence-corrected chi connectivity index (χ4v) is 3.34. The lowest BCUT2D eigenvalue weighted by Crippen LogP contribution is -2.21. The number of fused-ring (bicyclic) bond motifs is 1. The summed E-state index contributed by atoms with van der Waals surface area (Å²) in [6, 6.07) is 16.3. The van der Waals surface area contributed by atoms with Crippen molar-refractivity contribution in [2.24, 2.45) is 0 Å². The van der Waals surface area contributed by atoms with Crippen LogP contribution in [0.15, 0.2) is 73.2 Å². The van der Waals surface area contributed by atoms with Gasteiger partial charge in [0.1, 0.15) is 17.5 Å². The van der Waals surface area contributed by atoms with Crippen molar-refractivity contribution in [3.05, 3.63) is 84.3 Å². The Kier molecular flexibility index (Phi) is 5.16. The summed E-state index contributed by atoms with van der Waals surface area (Å²) < 4.78 is 10.7. The summed E-state index contributed by atoms with van der Waals surface area (Å²) in [4.78, 5) is 20.9. The number of aromatic nitrogens is 2. The summed E-state index contributed by atoms with van der Waals surface area (Å²) in [5.41, 5.74) is 3.02. The Morgan fingerprint density at radius 2 is 1.79 bits per heavy atom. The summed E-state index contributed by atoms with van der Waals surface area (Å²) in [6.45, 7) is 0. The Morgan fingerprint density at radius 1 is 1.03 bits per heavy atom. The molecule has 1 atom stereocenters. The van der Waals surface area contributed by atoms with Gasteiger partial charge in [-0.25, -0.2) is 0 Å². The number of para-hydroxylation sites is 1. The molecule has 0 radical (unpaired) electrons. The van der Waals surface area contributed by atoms with Gasteiger partial charge in [0.05, 0.1) is 14.2 Å². The molecule has 0 aliphatic heterocycles. The summed E-state index contributed by atoms with van der Waals surface area (Å²) >= 11 is 0. The van der Waals surface area contributed by atoms with Gasteiger partial charge in [-0.1, -0.05) is 24.3 Å². The zero-order valence-corrected chi connectivity index (χ0v) is 16.2. The molecule has 0 bridgehead atoms. The average molecular weight is 387 g/mol. The quantitative estimate of drug-likeness (QED) is 0.453. The number of carbonyl (C=O) groups is 1. The molecule has 4 aromatic rings. The largest absolute Gasteiger partial charge is 0.497 e. The second-order valence-electron chi connectivity index (χ2n) is 6.58. The van der Waals surface area contributed by atoms with Crippen molar-refractivity contribution in [1.29, 1.82) is 0 Å². The fraction of sp³-hybridized carbons (Fsp3) is 0.130. The molecule has 4 rings (SSSR count). The third kappa shape index (κ3) is 3.78. The minimum absolute atomic E-state index is 0.0581. The zero-order valence-electron chi connectivity index (χ0n) is 16.2. The normalized spacial score (nSPS) is 11.8. The highest BCUT2D eigenvalue weighted by Gasteiger charge is 2.25. The topological polar surface area (TPSA) is 76.2 Å². The van der Waals surface area contributed by atoms with E-state index in [1.807, 2.05) is 48.5 Å². The minimum Gasteiger partial charge on any atom is -0.497 e. The average Bonchev–Trinajstić information content (AvgIpc) is 3.21. The molecule has 0 aliphatic rings. The van der Waals surface area contributed by atoms with Gasteiger partial charge in [0, 0.05) is 64.5 Å². The molecule has 0 fully saturated rings. The Bertz CT molecular complexity index is 1120. The van der Waals surface area contributed by atoms with Gasteiger partial charge in [0.2, 0.25) is 0 Å². The molecule has 6 nitrogen and oxygen atoms in total. The standard InChI is InChI=1S/C23H21N3O3/c1-28-17-10-16(11-18(12-17)29-2)26-22(15-6-5-9-24-13-15)23(27)20-14-25-21-8-4-3-7-19(20)21/h3-14,22,25-26H,1-2H3. The molecule has 0 spiro atoms. The number of anilines is 1. The molecule has 0 saturated heterocycles. The highest BCUT2D eigenvalue weighted by atomic mass is 16.5. The first-order chi connectivity index (χ1) is 14.2. The molecule has 0 aliphatic carbocycles. The maximum Gasteiger partial charge on any atom is 0.191 e. The smallest absolute Gasteiger partial charge is 0.191 e. The van der Waals surface area contributed by atoms with E-state index in [0.29, 0.717) is 22.7 Å². The molecule has 0 saturated carbocycles. The van der Waals surface area contributed by atoms with E-state index in [4.69, 9.17) is 9.47 Å². The van der Waals surface area contributed by atoms with Crippen LogP contribution < -0.4 is 14.8 Å². The van der Waals surface area contributed by atoms with Crippen LogP contribution in [0.5, 0.6) is 11.5 Å². The summed E-state index contributed by atoms with van der Waals surface area (Å²) in [5.74, 6) is 1.21. The molecule has 1 unspecified atom stereocenters. The summed E-state index contributed by atoms with van der Waals surface area (Å²) in [5, 5.41) is 4.22. The number of hydrogen-bond donors (Lipinski definition) is 2. The molecule has 2 aromatic carbocycles. The van der Waals surface area contributed by atoms with Crippen LogP contribution in [0.4, 0.5) is 5.69 Å². The number of nitrogens with one attached hydrogen (secondary N) is 2. The van der Waals surface area contributed by atoms with Crippen molar-refractivity contribution < 1.29 is 14.3 Å².